The molecule has 0 radical (unpaired) electrons. The third-order valence-electron chi connectivity index (χ3n) is 6.99. The second kappa shape index (κ2) is 10.8. The van der Waals surface area contributed by atoms with Gasteiger partial charge in [-0.05, 0) is 56.8 Å². The van der Waals surface area contributed by atoms with Crippen LogP contribution in [0.1, 0.15) is 51.0 Å². The summed E-state index contributed by atoms with van der Waals surface area (Å²) in [5.41, 5.74) is 5.38. The fourth-order valence-electron chi connectivity index (χ4n) is 4.79. The molecule has 3 amide bonds. The van der Waals surface area contributed by atoms with Crippen molar-refractivity contribution in [3.8, 4) is 0 Å². The Balaban J connectivity index is 1.65. The molecular weight excluding hydrogens is 392 g/mol. The number of benzene rings is 1. The number of primary amides is 1. The number of piperidine rings is 1. The zero-order valence-electron chi connectivity index (χ0n) is 18.6. The smallest absolute Gasteiger partial charge is 0.242 e. The Kier molecular flexibility index (Phi) is 8.07. The van der Waals surface area contributed by atoms with E-state index in [1.807, 2.05) is 30.3 Å². The second-order valence-electron chi connectivity index (χ2n) is 8.99. The molecule has 0 aromatic heterocycles. The molecule has 4 N–H and O–H groups in total. The molecule has 1 aromatic rings. The van der Waals surface area contributed by atoms with Crippen molar-refractivity contribution in [1.82, 2.24) is 15.5 Å². The van der Waals surface area contributed by atoms with E-state index in [4.69, 9.17) is 5.73 Å². The van der Waals surface area contributed by atoms with Crippen LogP contribution in [0.25, 0.3) is 0 Å². The summed E-state index contributed by atoms with van der Waals surface area (Å²) in [6, 6.07) is 8.88. The predicted octanol–water partition coefficient (Wildman–Crippen LogP) is 1.61. The molecule has 0 spiro atoms. The standard InChI is InChI=1S/C24H36N4O3/c1-2-28-14-10-19(11-15-28)17-26-21(29)20(16-18-8-4-3-5-9-18)27-23(31)24(22(25)30)12-6-7-13-24/h3-5,8-9,19-20H,2,6-7,10-17H2,1H3,(H2,25,30)(H,26,29)(H,27,31)/t20-/m1/s1. The summed E-state index contributed by atoms with van der Waals surface area (Å²) in [5.74, 6) is -0.756. The number of nitrogens with two attached hydrogens (primary N) is 1. The lowest BCUT2D eigenvalue weighted by Gasteiger charge is -2.31. The molecule has 1 saturated heterocycles. The van der Waals surface area contributed by atoms with E-state index in [1.54, 1.807) is 0 Å². The molecule has 1 aromatic carbocycles. The van der Waals surface area contributed by atoms with Crippen LogP contribution < -0.4 is 16.4 Å². The van der Waals surface area contributed by atoms with Gasteiger partial charge in [0, 0.05) is 13.0 Å². The SMILES string of the molecule is CCN1CCC(CNC(=O)[C@@H](Cc2ccccc2)NC(=O)C2(C(N)=O)CCCC2)CC1. The summed E-state index contributed by atoms with van der Waals surface area (Å²) in [6.07, 6.45) is 4.99. The van der Waals surface area contributed by atoms with Crippen LogP contribution >= 0.6 is 0 Å². The number of nitrogens with one attached hydrogen (secondary N) is 2. The van der Waals surface area contributed by atoms with Crippen molar-refractivity contribution in [2.24, 2.45) is 17.1 Å². The number of hydrogen-bond donors (Lipinski definition) is 3. The number of amides is 3. The van der Waals surface area contributed by atoms with E-state index in [9.17, 15) is 14.4 Å². The first-order valence-corrected chi connectivity index (χ1v) is 11.6. The lowest BCUT2D eigenvalue weighted by molar-refractivity contribution is -0.143. The normalized spacial score (nSPS) is 20.2. The molecule has 7 nitrogen and oxygen atoms in total. The Bertz CT molecular complexity index is 753. The number of carbonyl (C=O) groups is 3. The quantitative estimate of drug-likeness (QED) is 0.520. The summed E-state index contributed by atoms with van der Waals surface area (Å²) >= 11 is 0. The van der Waals surface area contributed by atoms with Crippen LogP contribution in [-0.4, -0.2) is 54.8 Å². The Hall–Kier alpha value is -2.41. The molecule has 7 heteroatoms. The maximum absolute atomic E-state index is 13.1. The summed E-state index contributed by atoms with van der Waals surface area (Å²) in [4.78, 5) is 40.7. The summed E-state index contributed by atoms with van der Waals surface area (Å²) < 4.78 is 0. The van der Waals surface area contributed by atoms with Crippen molar-refractivity contribution in [2.75, 3.05) is 26.2 Å². The Labute approximate surface area is 185 Å². The molecule has 1 aliphatic heterocycles. The van der Waals surface area contributed by atoms with E-state index in [0.717, 1.165) is 50.9 Å². The van der Waals surface area contributed by atoms with E-state index in [2.05, 4.69) is 22.5 Å². The van der Waals surface area contributed by atoms with Gasteiger partial charge < -0.3 is 21.3 Å². The molecule has 3 rings (SSSR count). The third kappa shape index (κ3) is 5.85. The molecule has 1 aliphatic carbocycles. The fraction of sp³-hybridized carbons (Fsp3) is 0.625. The minimum absolute atomic E-state index is 0.201. The van der Waals surface area contributed by atoms with Gasteiger partial charge >= 0.3 is 0 Å². The van der Waals surface area contributed by atoms with Crippen LogP contribution in [0, 0.1) is 11.3 Å². The summed E-state index contributed by atoms with van der Waals surface area (Å²) in [5, 5.41) is 5.93. The maximum atomic E-state index is 13.1. The monoisotopic (exact) mass is 428 g/mol. The number of hydrogen-bond acceptors (Lipinski definition) is 4. The van der Waals surface area contributed by atoms with Gasteiger partial charge in [-0.15, -0.1) is 0 Å². The highest BCUT2D eigenvalue weighted by Gasteiger charge is 2.47. The van der Waals surface area contributed by atoms with Crippen LogP contribution in [0.4, 0.5) is 0 Å². The Morgan fingerprint density at radius 3 is 2.35 bits per heavy atom. The Morgan fingerprint density at radius 1 is 1.13 bits per heavy atom. The van der Waals surface area contributed by atoms with Crippen LogP contribution in [0.3, 0.4) is 0 Å². The van der Waals surface area contributed by atoms with Crippen LogP contribution in [-0.2, 0) is 20.8 Å². The molecule has 2 fully saturated rings. The van der Waals surface area contributed by atoms with Crippen molar-refractivity contribution >= 4 is 17.7 Å². The first kappa shape index (κ1) is 23.3. The van der Waals surface area contributed by atoms with Gasteiger partial charge in [0.15, 0.2) is 0 Å². The predicted molar refractivity (Wildman–Crippen MR) is 120 cm³/mol. The number of rotatable bonds is 9. The highest BCUT2D eigenvalue weighted by Crippen LogP contribution is 2.38. The second-order valence-corrected chi connectivity index (χ2v) is 8.99. The van der Waals surface area contributed by atoms with Gasteiger partial charge in [0.1, 0.15) is 11.5 Å². The van der Waals surface area contributed by atoms with Crippen LogP contribution in [0.5, 0.6) is 0 Å². The van der Waals surface area contributed by atoms with Gasteiger partial charge in [-0.25, -0.2) is 0 Å². The lowest BCUT2D eigenvalue weighted by Crippen LogP contribution is -2.55. The highest BCUT2D eigenvalue weighted by molar-refractivity contribution is 6.05. The Morgan fingerprint density at radius 2 is 1.77 bits per heavy atom. The first-order valence-electron chi connectivity index (χ1n) is 11.6. The molecule has 0 bridgehead atoms. The number of likely N-dealkylation sites (tertiary alicyclic amines) is 1. The van der Waals surface area contributed by atoms with E-state index < -0.39 is 23.3 Å². The largest absolute Gasteiger partial charge is 0.369 e. The van der Waals surface area contributed by atoms with Crippen LogP contribution in [0.2, 0.25) is 0 Å². The molecule has 170 valence electrons. The average Bonchev–Trinajstić information content (AvgIpc) is 3.30. The third-order valence-corrected chi connectivity index (χ3v) is 6.99. The van der Waals surface area contributed by atoms with Gasteiger partial charge in [-0.1, -0.05) is 50.1 Å². The fourth-order valence-corrected chi connectivity index (χ4v) is 4.79. The first-order chi connectivity index (χ1) is 14.9. The topological polar surface area (TPSA) is 105 Å². The van der Waals surface area contributed by atoms with Gasteiger partial charge in [0.05, 0.1) is 0 Å². The van der Waals surface area contributed by atoms with Gasteiger partial charge in [-0.3, -0.25) is 14.4 Å². The maximum Gasteiger partial charge on any atom is 0.242 e. The minimum Gasteiger partial charge on any atom is -0.369 e. The van der Waals surface area contributed by atoms with Gasteiger partial charge in [-0.2, -0.15) is 0 Å². The summed E-state index contributed by atoms with van der Waals surface area (Å²) in [6.45, 7) is 5.96. The highest BCUT2D eigenvalue weighted by atomic mass is 16.2. The van der Waals surface area contributed by atoms with Crippen LogP contribution in [0.15, 0.2) is 30.3 Å². The summed E-state index contributed by atoms with van der Waals surface area (Å²) in [7, 11) is 0. The molecule has 31 heavy (non-hydrogen) atoms. The number of carbonyl (C=O) groups excluding carboxylic acids is 3. The zero-order valence-corrected chi connectivity index (χ0v) is 18.6. The zero-order chi connectivity index (χ0) is 22.3. The molecular formula is C24H36N4O3. The van der Waals surface area contributed by atoms with Gasteiger partial charge in [0.25, 0.3) is 0 Å². The molecule has 2 aliphatic rings. The average molecular weight is 429 g/mol. The van der Waals surface area contributed by atoms with E-state index >= 15 is 0 Å². The lowest BCUT2D eigenvalue weighted by atomic mass is 9.84. The van der Waals surface area contributed by atoms with Crippen molar-refractivity contribution in [2.45, 2.75) is 57.9 Å². The molecule has 0 unspecified atom stereocenters. The number of nitrogens with zero attached hydrogens (tertiary/aromatic N) is 1. The van der Waals surface area contributed by atoms with Crippen molar-refractivity contribution in [1.29, 1.82) is 0 Å². The van der Waals surface area contributed by atoms with Crippen molar-refractivity contribution < 1.29 is 14.4 Å². The van der Waals surface area contributed by atoms with E-state index in [-0.39, 0.29) is 5.91 Å². The van der Waals surface area contributed by atoms with Gasteiger partial charge in [0.2, 0.25) is 17.7 Å². The molecule has 1 heterocycles. The van der Waals surface area contributed by atoms with Crippen molar-refractivity contribution in [3.63, 3.8) is 0 Å². The minimum atomic E-state index is -1.19. The molecule has 1 atom stereocenters. The van der Waals surface area contributed by atoms with E-state index in [1.165, 1.54) is 0 Å². The van der Waals surface area contributed by atoms with Crippen molar-refractivity contribution in [3.05, 3.63) is 35.9 Å². The molecule has 1 saturated carbocycles. The van der Waals surface area contributed by atoms with E-state index in [0.29, 0.717) is 31.7 Å².